The standard InChI is InChI=1S/C22H26N2O2S/c1-15(2)17(4)26-11-7-6-8-12-27-18-9-10-19-16(3)20(14-23)22(25)24(5)21(19)13-18/h9-10,13H,1,4,6-8,11-12H2,2-3,5H3. The zero-order chi connectivity index (χ0) is 20.0. The fraction of sp³-hybridized carbons (Fsp3) is 0.364. The maximum absolute atomic E-state index is 12.3. The third kappa shape index (κ3) is 5.05. The predicted octanol–water partition coefficient (Wildman–Crippen LogP) is 5.09. The van der Waals surface area contributed by atoms with E-state index in [-0.39, 0.29) is 11.1 Å². The number of unbranched alkanes of at least 4 members (excludes halogenated alkanes) is 2. The summed E-state index contributed by atoms with van der Waals surface area (Å²) in [6.07, 6.45) is 3.18. The van der Waals surface area contributed by atoms with Gasteiger partial charge in [-0.15, -0.1) is 11.8 Å². The molecular weight excluding hydrogens is 356 g/mol. The van der Waals surface area contributed by atoms with Crippen LogP contribution in [0.25, 0.3) is 10.9 Å². The number of rotatable bonds is 9. The molecule has 1 aromatic carbocycles. The number of thioether (sulfide) groups is 1. The topological polar surface area (TPSA) is 55.0 Å². The van der Waals surface area contributed by atoms with E-state index in [1.165, 1.54) is 0 Å². The third-order valence-corrected chi connectivity index (χ3v) is 5.63. The van der Waals surface area contributed by atoms with E-state index >= 15 is 0 Å². The third-order valence-electron chi connectivity index (χ3n) is 4.55. The second kappa shape index (κ2) is 9.48. The fourth-order valence-electron chi connectivity index (χ4n) is 2.79. The molecule has 0 aliphatic heterocycles. The Balaban J connectivity index is 1.92. The van der Waals surface area contributed by atoms with Gasteiger partial charge in [0.2, 0.25) is 0 Å². The van der Waals surface area contributed by atoms with Crippen molar-refractivity contribution >= 4 is 22.7 Å². The highest BCUT2D eigenvalue weighted by Gasteiger charge is 2.12. The number of aromatic nitrogens is 1. The molecule has 0 saturated carbocycles. The number of nitriles is 1. The number of fused-ring (bicyclic) bond motifs is 1. The Bertz CT molecular complexity index is 967. The number of hydrogen-bond donors (Lipinski definition) is 0. The van der Waals surface area contributed by atoms with Gasteiger partial charge < -0.3 is 9.30 Å². The minimum absolute atomic E-state index is 0.224. The zero-order valence-corrected chi connectivity index (χ0v) is 17.1. The second-order valence-corrected chi connectivity index (χ2v) is 7.78. The first kappa shape index (κ1) is 20.9. The van der Waals surface area contributed by atoms with Crippen LogP contribution >= 0.6 is 11.8 Å². The molecule has 0 N–H and O–H groups in total. The van der Waals surface area contributed by atoms with E-state index in [4.69, 9.17) is 4.74 Å². The first-order chi connectivity index (χ1) is 12.9. The summed E-state index contributed by atoms with van der Waals surface area (Å²) >= 11 is 1.78. The normalized spacial score (nSPS) is 10.6. The van der Waals surface area contributed by atoms with Crippen LogP contribution in [0.2, 0.25) is 0 Å². The van der Waals surface area contributed by atoms with E-state index in [1.54, 1.807) is 23.4 Å². The average molecular weight is 383 g/mol. The van der Waals surface area contributed by atoms with Crippen molar-refractivity contribution in [1.82, 2.24) is 4.57 Å². The van der Waals surface area contributed by atoms with Crippen molar-refractivity contribution in [2.75, 3.05) is 12.4 Å². The summed E-state index contributed by atoms with van der Waals surface area (Å²) in [5.41, 5.74) is 2.48. The monoisotopic (exact) mass is 382 g/mol. The smallest absolute Gasteiger partial charge is 0.268 e. The molecule has 1 heterocycles. The molecule has 0 radical (unpaired) electrons. The molecule has 1 aromatic heterocycles. The van der Waals surface area contributed by atoms with E-state index < -0.39 is 0 Å². The Hall–Kier alpha value is -2.45. The van der Waals surface area contributed by atoms with Crippen LogP contribution < -0.4 is 5.56 Å². The zero-order valence-electron chi connectivity index (χ0n) is 16.3. The second-order valence-electron chi connectivity index (χ2n) is 6.62. The van der Waals surface area contributed by atoms with Crippen LogP contribution in [0.1, 0.15) is 37.3 Å². The summed E-state index contributed by atoms with van der Waals surface area (Å²) in [7, 11) is 1.72. The first-order valence-electron chi connectivity index (χ1n) is 9.00. The van der Waals surface area contributed by atoms with Crippen molar-refractivity contribution in [2.45, 2.75) is 38.0 Å². The minimum Gasteiger partial charge on any atom is -0.494 e. The van der Waals surface area contributed by atoms with Crippen LogP contribution in [-0.4, -0.2) is 16.9 Å². The molecule has 4 nitrogen and oxygen atoms in total. The highest BCUT2D eigenvalue weighted by Crippen LogP contribution is 2.26. The van der Waals surface area contributed by atoms with E-state index in [2.05, 4.69) is 19.2 Å². The molecule has 0 aliphatic rings. The lowest BCUT2D eigenvalue weighted by Crippen LogP contribution is -2.21. The lowest BCUT2D eigenvalue weighted by Gasteiger charge is -2.11. The van der Waals surface area contributed by atoms with Gasteiger partial charge in [-0.3, -0.25) is 4.79 Å². The SMILES string of the molecule is C=C(C)C(=C)OCCCCCSc1ccc2c(C)c(C#N)c(=O)n(C)c2c1. The number of hydrogen-bond acceptors (Lipinski definition) is 4. The lowest BCUT2D eigenvalue weighted by atomic mass is 10.1. The van der Waals surface area contributed by atoms with Crippen LogP contribution in [0.15, 0.2) is 52.4 Å². The van der Waals surface area contributed by atoms with E-state index in [1.807, 2.05) is 32.0 Å². The van der Waals surface area contributed by atoms with Crippen molar-refractivity contribution in [3.63, 3.8) is 0 Å². The van der Waals surface area contributed by atoms with Gasteiger partial charge in [0.15, 0.2) is 0 Å². The maximum Gasteiger partial charge on any atom is 0.268 e. The quantitative estimate of drug-likeness (QED) is 0.262. The van der Waals surface area contributed by atoms with E-state index in [9.17, 15) is 10.1 Å². The maximum atomic E-state index is 12.3. The van der Waals surface area contributed by atoms with Gasteiger partial charge in [0.25, 0.3) is 5.56 Å². The molecule has 27 heavy (non-hydrogen) atoms. The van der Waals surface area contributed by atoms with Gasteiger partial charge in [0, 0.05) is 17.3 Å². The Morgan fingerprint density at radius 3 is 2.70 bits per heavy atom. The number of nitrogens with zero attached hydrogens (tertiary/aromatic N) is 2. The summed E-state index contributed by atoms with van der Waals surface area (Å²) < 4.78 is 7.08. The van der Waals surface area contributed by atoms with Gasteiger partial charge in [-0.1, -0.05) is 19.2 Å². The van der Waals surface area contributed by atoms with E-state index in [0.717, 1.165) is 52.0 Å². The summed E-state index contributed by atoms with van der Waals surface area (Å²) in [4.78, 5) is 13.4. The molecule has 0 atom stereocenters. The highest BCUT2D eigenvalue weighted by molar-refractivity contribution is 7.99. The largest absolute Gasteiger partial charge is 0.494 e. The van der Waals surface area contributed by atoms with Crippen molar-refractivity contribution in [3.05, 3.63) is 64.2 Å². The molecule has 0 amide bonds. The van der Waals surface area contributed by atoms with Crippen LogP contribution in [0.4, 0.5) is 0 Å². The van der Waals surface area contributed by atoms with Gasteiger partial charge >= 0.3 is 0 Å². The number of aryl methyl sites for hydroxylation is 2. The van der Waals surface area contributed by atoms with Crippen LogP contribution in [0, 0.1) is 18.3 Å². The van der Waals surface area contributed by atoms with Gasteiger partial charge in [-0.2, -0.15) is 5.26 Å². The highest BCUT2D eigenvalue weighted by atomic mass is 32.2. The Morgan fingerprint density at radius 2 is 2.04 bits per heavy atom. The van der Waals surface area contributed by atoms with Crippen LogP contribution in [0.5, 0.6) is 0 Å². The number of benzene rings is 1. The molecule has 0 fully saturated rings. The van der Waals surface area contributed by atoms with Gasteiger partial charge in [-0.05, 0) is 62.1 Å². The Kier molecular flexibility index (Phi) is 7.32. The summed E-state index contributed by atoms with van der Waals surface area (Å²) in [6.45, 7) is 12.0. The van der Waals surface area contributed by atoms with Crippen molar-refractivity contribution in [2.24, 2.45) is 7.05 Å². The van der Waals surface area contributed by atoms with Crippen molar-refractivity contribution in [1.29, 1.82) is 5.26 Å². The molecular formula is C22H26N2O2S. The van der Waals surface area contributed by atoms with Crippen molar-refractivity contribution < 1.29 is 4.74 Å². The molecule has 0 unspecified atom stereocenters. The summed E-state index contributed by atoms with van der Waals surface area (Å²) in [6, 6.07) is 8.13. The summed E-state index contributed by atoms with van der Waals surface area (Å²) in [5.74, 6) is 1.68. The number of ether oxygens (including phenoxy) is 1. The molecule has 0 bridgehead atoms. The molecule has 0 aliphatic carbocycles. The molecule has 5 heteroatoms. The molecule has 0 saturated heterocycles. The fourth-order valence-corrected chi connectivity index (χ4v) is 3.73. The molecule has 0 spiro atoms. The van der Waals surface area contributed by atoms with Gasteiger partial charge in [-0.25, -0.2) is 0 Å². The molecule has 2 rings (SSSR count). The van der Waals surface area contributed by atoms with Gasteiger partial charge in [0.05, 0.1) is 12.1 Å². The molecule has 142 valence electrons. The Morgan fingerprint density at radius 1 is 1.30 bits per heavy atom. The minimum atomic E-state index is -0.235. The lowest BCUT2D eigenvalue weighted by molar-refractivity contribution is 0.215. The van der Waals surface area contributed by atoms with Gasteiger partial charge in [0.1, 0.15) is 17.4 Å². The van der Waals surface area contributed by atoms with Crippen molar-refractivity contribution in [3.8, 4) is 6.07 Å². The molecule has 2 aromatic rings. The average Bonchev–Trinajstić information content (AvgIpc) is 2.65. The first-order valence-corrected chi connectivity index (χ1v) is 9.99. The van der Waals surface area contributed by atoms with Crippen LogP contribution in [0.3, 0.4) is 0 Å². The van der Waals surface area contributed by atoms with E-state index in [0.29, 0.717) is 12.4 Å². The number of pyridine rings is 1. The number of allylic oxidation sites excluding steroid dienone is 1. The summed E-state index contributed by atoms with van der Waals surface area (Å²) in [5, 5.41) is 10.2. The van der Waals surface area contributed by atoms with Crippen LogP contribution in [-0.2, 0) is 11.8 Å². The Labute approximate surface area is 165 Å². The predicted molar refractivity (Wildman–Crippen MR) is 113 cm³/mol.